The number of hydrazine groups is 1. The molecule has 0 saturated heterocycles. The molecule has 2 heterocycles. The van der Waals surface area contributed by atoms with E-state index in [9.17, 15) is 9.59 Å². The second-order valence-electron chi connectivity index (χ2n) is 7.48. The van der Waals surface area contributed by atoms with Crippen LogP contribution in [0.1, 0.15) is 21.5 Å². The molecule has 1 aromatic heterocycles. The van der Waals surface area contributed by atoms with Crippen LogP contribution in [0.25, 0.3) is 17.0 Å². The maximum absolute atomic E-state index is 13.3. The minimum absolute atomic E-state index is 0.115. The first-order valence-corrected chi connectivity index (χ1v) is 11.1. The maximum Gasteiger partial charge on any atom is 0.297 e. The predicted octanol–water partition coefficient (Wildman–Crippen LogP) is 5.52. The zero-order valence-corrected chi connectivity index (χ0v) is 19.1. The van der Waals surface area contributed by atoms with Crippen LogP contribution in [0.5, 0.6) is 0 Å². The van der Waals surface area contributed by atoms with Crippen LogP contribution in [0.15, 0.2) is 95.6 Å². The number of nitrogens with one attached hydrogen (secondary N) is 1. The Labute approximate surface area is 205 Å². The molecule has 0 spiro atoms. The molecule has 1 N–H and O–H groups in total. The number of amidine groups is 1. The Balaban J connectivity index is 1.54. The number of hydrogen-bond acceptors (Lipinski definition) is 4. The van der Waals surface area contributed by atoms with Crippen molar-refractivity contribution < 1.29 is 9.59 Å². The lowest BCUT2D eigenvalue weighted by atomic mass is 10.1. The van der Waals surface area contributed by atoms with Crippen molar-refractivity contribution in [2.75, 3.05) is 0 Å². The number of hydrogen-bond donors (Lipinski definition) is 1. The van der Waals surface area contributed by atoms with Gasteiger partial charge in [-0.1, -0.05) is 77.8 Å². The molecule has 4 aromatic rings. The van der Waals surface area contributed by atoms with Crippen molar-refractivity contribution in [2.45, 2.75) is 0 Å². The van der Waals surface area contributed by atoms with Gasteiger partial charge < -0.3 is 0 Å². The second-order valence-corrected chi connectivity index (χ2v) is 8.28. The summed E-state index contributed by atoms with van der Waals surface area (Å²) in [6, 6.07) is 25.0. The summed E-state index contributed by atoms with van der Waals surface area (Å²) < 4.78 is 0. The van der Waals surface area contributed by atoms with Crippen LogP contribution < -0.4 is 5.43 Å². The summed E-state index contributed by atoms with van der Waals surface area (Å²) in [7, 11) is 0. The van der Waals surface area contributed by atoms with Crippen molar-refractivity contribution in [3.63, 3.8) is 0 Å². The number of carbonyl (C=O) groups is 2. The summed E-state index contributed by atoms with van der Waals surface area (Å²) in [6.07, 6.45) is 1.57. The highest BCUT2D eigenvalue weighted by Gasteiger charge is 2.33. The lowest BCUT2D eigenvalue weighted by Gasteiger charge is -2.19. The minimum atomic E-state index is -0.501. The number of carbonyl (C=O) groups excluding carboxylic acids is 2. The summed E-state index contributed by atoms with van der Waals surface area (Å²) >= 11 is 12.4. The molecule has 0 atom stereocenters. The molecule has 166 valence electrons. The SMILES string of the molecule is O=C(NN1C(=O)/C(=C/c2cc3ccccc3nc2Cl)N=C1c1ccccc1)c1cccc(Cl)c1. The van der Waals surface area contributed by atoms with E-state index in [0.29, 0.717) is 21.7 Å². The normalized spacial score (nSPS) is 14.5. The number of para-hydroxylation sites is 1. The third-order valence-electron chi connectivity index (χ3n) is 5.19. The standard InChI is InChI=1S/C26H16Cl2N4O2/c27-20-11-6-10-18(14-20)25(33)31-32-24(16-7-2-1-3-8-16)30-22(26(32)34)15-19-13-17-9-4-5-12-21(17)29-23(19)28/h1-15H,(H,31,33)/b22-15-. The van der Waals surface area contributed by atoms with Crippen molar-refractivity contribution in [1.29, 1.82) is 0 Å². The van der Waals surface area contributed by atoms with Crippen molar-refractivity contribution >= 4 is 57.8 Å². The summed E-state index contributed by atoms with van der Waals surface area (Å²) in [6.45, 7) is 0. The van der Waals surface area contributed by atoms with E-state index in [1.807, 2.05) is 48.5 Å². The van der Waals surface area contributed by atoms with Gasteiger partial charge in [0.2, 0.25) is 0 Å². The van der Waals surface area contributed by atoms with Crippen LogP contribution in [0, 0.1) is 0 Å². The molecule has 1 aliphatic heterocycles. The second kappa shape index (κ2) is 9.09. The fourth-order valence-corrected chi connectivity index (χ4v) is 3.94. The van der Waals surface area contributed by atoms with Gasteiger partial charge in [-0.25, -0.2) is 9.98 Å². The molecule has 6 nitrogen and oxygen atoms in total. The van der Waals surface area contributed by atoms with Crippen LogP contribution >= 0.6 is 23.2 Å². The van der Waals surface area contributed by atoms with E-state index in [1.165, 1.54) is 6.07 Å². The third-order valence-corrected chi connectivity index (χ3v) is 5.73. The number of pyridine rings is 1. The first-order chi connectivity index (χ1) is 16.5. The molecule has 5 rings (SSSR count). The number of aliphatic imine (C=N–C) groups is 1. The Bertz CT molecular complexity index is 1500. The molecular weight excluding hydrogens is 471 g/mol. The molecule has 0 fully saturated rings. The predicted molar refractivity (Wildman–Crippen MR) is 133 cm³/mol. The zero-order valence-electron chi connectivity index (χ0n) is 17.6. The number of benzene rings is 3. The van der Waals surface area contributed by atoms with Gasteiger partial charge in [0.1, 0.15) is 10.9 Å². The number of rotatable bonds is 4. The minimum Gasteiger partial charge on any atom is -0.267 e. The van der Waals surface area contributed by atoms with Crippen LogP contribution in [0.3, 0.4) is 0 Å². The van der Waals surface area contributed by atoms with E-state index >= 15 is 0 Å². The Morgan fingerprint density at radius 3 is 2.47 bits per heavy atom. The van der Waals surface area contributed by atoms with Crippen molar-refractivity contribution in [1.82, 2.24) is 15.4 Å². The summed E-state index contributed by atoms with van der Waals surface area (Å²) in [5.74, 6) is -0.707. The number of nitrogens with zero attached hydrogens (tertiary/aromatic N) is 3. The topological polar surface area (TPSA) is 74.7 Å². The molecule has 3 aromatic carbocycles. The maximum atomic E-state index is 13.3. The molecule has 0 bridgehead atoms. The summed E-state index contributed by atoms with van der Waals surface area (Å²) in [4.78, 5) is 35.1. The van der Waals surface area contributed by atoms with Crippen LogP contribution in [0.4, 0.5) is 0 Å². The Kier molecular flexibility index (Phi) is 5.84. The largest absolute Gasteiger partial charge is 0.297 e. The molecule has 8 heteroatoms. The average molecular weight is 487 g/mol. The van der Waals surface area contributed by atoms with Crippen LogP contribution in [0.2, 0.25) is 10.2 Å². The molecule has 0 aliphatic carbocycles. The van der Waals surface area contributed by atoms with Gasteiger partial charge in [0.25, 0.3) is 11.8 Å². The van der Waals surface area contributed by atoms with Gasteiger partial charge in [-0.3, -0.25) is 15.0 Å². The van der Waals surface area contributed by atoms with E-state index in [2.05, 4.69) is 15.4 Å². The van der Waals surface area contributed by atoms with E-state index in [0.717, 1.165) is 15.9 Å². The fraction of sp³-hybridized carbons (Fsp3) is 0. The third kappa shape index (κ3) is 4.29. The van der Waals surface area contributed by atoms with Gasteiger partial charge in [0.15, 0.2) is 5.84 Å². The van der Waals surface area contributed by atoms with Gasteiger partial charge in [0, 0.05) is 27.1 Å². The van der Waals surface area contributed by atoms with Gasteiger partial charge in [-0.2, -0.15) is 5.01 Å². The van der Waals surface area contributed by atoms with E-state index in [4.69, 9.17) is 23.2 Å². The highest BCUT2D eigenvalue weighted by molar-refractivity contribution is 6.32. The van der Waals surface area contributed by atoms with E-state index in [1.54, 1.807) is 36.4 Å². The van der Waals surface area contributed by atoms with Gasteiger partial charge >= 0.3 is 0 Å². The summed E-state index contributed by atoms with van der Waals surface area (Å²) in [5, 5.41) is 2.67. The quantitative estimate of drug-likeness (QED) is 0.305. The highest BCUT2D eigenvalue weighted by atomic mass is 35.5. The first-order valence-electron chi connectivity index (χ1n) is 10.3. The zero-order chi connectivity index (χ0) is 23.7. The molecule has 2 amide bonds. The molecule has 1 aliphatic rings. The molecule has 0 radical (unpaired) electrons. The van der Waals surface area contributed by atoms with Gasteiger partial charge in [0.05, 0.1) is 5.52 Å². The van der Waals surface area contributed by atoms with E-state index in [-0.39, 0.29) is 16.7 Å². The van der Waals surface area contributed by atoms with Crippen molar-refractivity contribution in [2.24, 2.45) is 4.99 Å². The molecule has 0 unspecified atom stereocenters. The molecule has 0 saturated carbocycles. The fourth-order valence-electron chi connectivity index (χ4n) is 3.55. The van der Waals surface area contributed by atoms with E-state index < -0.39 is 11.8 Å². The number of amides is 2. The first kappa shape index (κ1) is 21.8. The number of halogens is 2. The van der Waals surface area contributed by atoms with Crippen LogP contribution in [-0.4, -0.2) is 27.6 Å². The monoisotopic (exact) mass is 486 g/mol. The van der Waals surface area contributed by atoms with Crippen molar-refractivity contribution in [3.8, 4) is 0 Å². The molecule has 34 heavy (non-hydrogen) atoms. The Morgan fingerprint density at radius 2 is 1.68 bits per heavy atom. The average Bonchev–Trinajstić information content (AvgIpc) is 3.15. The van der Waals surface area contributed by atoms with Gasteiger partial charge in [-0.05, 0) is 36.4 Å². The Morgan fingerprint density at radius 1 is 0.912 bits per heavy atom. The number of aromatic nitrogens is 1. The lowest BCUT2D eigenvalue weighted by Crippen LogP contribution is -2.47. The highest BCUT2D eigenvalue weighted by Crippen LogP contribution is 2.26. The Hall–Kier alpha value is -4.00. The molecular formula is C26H16Cl2N4O2. The van der Waals surface area contributed by atoms with Crippen LogP contribution in [-0.2, 0) is 4.79 Å². The van der Waals surface area contributed by atoms with Gasteiger partial charge in [-0.15, -0.1) is 0 Å². The number of fused-ring (bicyclic) bond motifs is 1. The lowest BCUT2D eigenvalue weighted by molar-refractivity contribution is -0.124. The smallest absolute Gasteiger partial charge is 0.267 e. The summed E-state index contributed by atoms with van der Waals surface area (Å²) in [5.41, 5.74) is 5.03. The van der Waals surface area contributed by atoms with Crippen molar-refractivity contribution in [3.05, 3.63) is 117 Å².